The van der Waals surface area contributed by atoms with E-state index in [4.69, 9.17) is 15.2 Å². The van der Waals surface area contributed by atoms with Crippen molar-refractivity contribution in [1.29, 1.82) is 0 Å². The minimum absolute atomic E-state index is 0.142. The van der Waals surface area contributed by atoms with E-state index in [1.54, 1.807) is 20.8 Å². The Labute approximate surface area is 142 Å². The number of rotatable bonds is 1. The maximum absolute atomic E-state index is 14.4. The second kappa shape index (κ2) is 6.08. The molecule has 3 N–H and O–H groups in total. The molecule has 1 amide bonds. The fraction of sp³-hybridized carbons (Fsp3) is 0.533. The topological polar surface area (TPSA) is 98.8 Å². The zero-order chi connectivity index (χ0) is 19.0. The quantitative estimate of drug-likeness (QED) is 0.802. The fourth-order valence-electron chi connectivity index (χ4n) is 2.10. The molecule has 10 heteroatoms. The average molecular weight is 360 g/mol. The van der Waals surface area contributed by atoms with Crippen LogP contribution in [-0.4, -0.2) is 35.2 Å². The lowest BCUT2D eigenvalue weighted by molar-refractivity contribution is -0.119. The number of amidine groups is 1. The van der Waals surface area contributed by atoms with Crippen LogP contribution in [0.4, 0.5) is 23.8 Å². The summed E-state index contributed by atoms with van der Waals surface area (Å²) in [5, 5.41) is 2.12. The molecule has 1 atom stereocenters. The molecule has 7 nitrogen and oxygen atoms in total. The summed E-state index contributed by atoms with van der Waals surface area (Å²) >= 11 is 0. The SMILES string of the molecule is CC(C)(C)OC(=O)NC1=N[C@](C)(c2nc(N)ccc2F)C(F)(F)CO1. The van der Waals surface area contributed by atoms with Crippen LogP contribution in [-0.2, 0) is 15.0 Å². The number of pyridine rings is 1. The third kappa shape index (κ3) is 3.94. The van der Waals surface area contributed by atoms with Crippen molar-refractivity contribution < 1.29 is 27.4 Å². The van der Waals surface area contributed by atoms with Crippen LogP contribution in [0, 0.1) is 5.82 Å². The van der Waals surface area contributed by atoms with Gasteiger partial charge in [0.2, 0.25) is 0 Å². The minimum Gasteiger partial charge on any atom is -0.458 e. The summed E-state index contributed by atoms with van der Waals surface area (Å²) < 4.78 is 52.7. The van der Waals surface area contributed by atoms with Gasteiger partial charge in [0.1, 0.15) is 22.9 Å². The zero-order valence-corrected chi connectivity index (χ0v) is 14.2. The summed E-state index contributed by atoms with van der Waals surface area (Å²) in [5.41, 5.74) is 1.59. The molecule has 0 radical (unpaired) electrons. The Morgan fingerprint density at radius 3 is 2.64 bits per heavy atom. The maximum atomic E-state index is 14.4. The Morgan fingerprint density at radius 1 is 1.40 bits per heavy atom. The smallest absolute Gasteiger partial charge is 0.415 e. The van der Waals surface area contributed by atoms with Gasteiger partial charge in [0.25, 0.3) is 6.02 Å². The number of aromatic nitrogens is 1. The molecule has 0 bridgehead atoms. The molecule has 0 saturated carbocycles. The van der Waals surface area contributed by atoms with Crippen LogP contribution in [0.15, 0.2) is 17.1 Å². The number of aliphatic imine (C=N–C) groups is 1. The minimum atomic E-state index is -3.59. The van der Waals surface area contributed by atoms with Crippen LogP contribution < -0.4 is 11.1 Å². The normalized spacial score (nSPS) is 22.6. The first kappa shape index (κ1) is 18.8. The maximum Gasteiger partial charge on any atom is 0.415 e. The summed E-state index contributed by atoms with van der Waals surface area (Å²) in [5.74, 6) is -4.73. The fourth-order valence-corrected chi connectivity index (χ4v) is 2.10. The first-order chi connectivity index (χ1) is 11.3. The van der Waals surface area contributed by atoms with Crippen LogP contribution in [0.1, 0.15) is 33.4 Å². The monoisotopic (exact) mass is 360 g/mol. The standard InChI is InChI=1S/C15H19F3N4O3/c1-13(2,3)25-12(23)21-11-22-14(4,15(17,18)7-24-11)10-8(16)5-6-9(19)20-10/h5-6H,7H2,1-4H3,(H2,19,20)(H,21,22,23)/t14-/m1/s1. The van der Waals surface area contributed by atoms with Crippen molar-refractivity contribution in [3.05, 3.63) is 23.6 Å². The summed E-state index contributed by atoms with van der Waals surface area (Å²) in [6.45, 7) is 4.73. The molecule has 138 valence electrons. The van der Waals surface area contributed by atoms with Gasteiger partial charge in [-0.25, -0.2) is 24.5 Å². The van der Waals surface area contributed by atoms with Crippen molar-refractivity contribution in [2.75, 3.05) is 12.3 Å². The number of anilines is 1. The molecular weight excluding hydrogens is 341 g/mol. The lowest BCUT2D eigenvalue weighted by Gasteiger charge is -2.37. The summed E-state index contributed by atoms with van der Waals surface area (Å²) in [7, 11) is 0. The highest BCUT2D eigenvalue weighted by Gasteiger charge is 2.57. The van der Waals surface area contributed by atoms with Gasteiger partial charge in [-0.1, -0.05) is 0 Å². The van der Waals surface area contributed by atoms with E-state index in [2.05, 4.69) is 15.3 Å². The molecule has 0 spiro atoms. The lowest BCUT2D eigenvalue weighted by Crippen LogP contribution is -2.53. The van der Waals surface area contributed by atoms with E-state index in [0.717, 1.165) is 19.1 Å². The van der Waals surface area contributed by atoms with Gasteiger partial charge in [-0.3, -0.25) is 0 Å². The van der Waals surface area contributed by atoms with Gasteiger partial charge in [-0.05, 0) is 39.8 Å². The Morgan fingerprint density at radius 2 is 2.04 bits per heavy atom. The number of alkyl carbamates (subject to hydrolysis) is 1. The van der Waals surface area contributed by atoms with Crippen molar-refractivity contribution >= 4 is 17.9 Å². The molecule has 0 aliphatic carbocycles. The number of nitrogens with one attached hydrogen (secondary N) is 1. The largest absolute Gasteiger partial charge is 0.458 e. The molecular formula is C15H19F3N4O3. The van der Waals surface area contributed by atoms with E-state index < -0.39 is 47.3 Å². The van der Waals surface area contributed by atoms with Gasteiger partial charge >= 0.3 is 12.0 Å². The van der Waals surface area contributed by atoms with Crippen LogP contribution in [0.5, 0.6) is 0 Å². The number of nitrogens with zero attached hydrogens (tertiary/aromatic N) is 2. The number of amides is 1. The third-order valence-corrected chi connectivity index (χ3v) is 3.36. The Balaban J connectivity index is 2.40. The highest BCUT2D eigenvalue weighted by Crippen LogP contribution is 2.43. The van der Waals surface area contributed by atoms with Gasteiger partial charge in [0.05, 0.1) is 0 Å². The molecule has 0 unspecified atom stereocenters. The third-order valence-electron chi connectivity index (χ3n) is 3.36. The van der Waals surface area contributed by atoms with Gasteiger partial charge in [0.15, 0.2) is 12.1 Å². The van der Waals surface area contributed by atoms with Gasteiger partial charge in [-0.2, -0.15) is 8.78 Å². The number of halogens is 3. The number of nitrogen functional groups attached to an aromatic ring is 1. The molecule has 2 heterocycles. The first-order valence-electron chi connectivity index (χ1n) is 7.37. The molecule has 1 aromatic rings. The average Bonchev–Trinajstić information content (AvgIpc) is 2.44. The van der Waals surface area contributed by atoms with Gasteiger partial charge in [-0.15, -0.1) is 0 Å². The molecule has 0 fully saturated rings. The highest BCUT2D eigenvalue weighted by molar-refractivity contribution is 5.91. The Hall–Kier alpha value is -2.52. The second-order valence-electron chi connectivity index (χ2n) is 6.68. The van der Waals surface area contributed by atoms with E-state index in [1.165, 1.54) is 0 Å². The van der Waals surface area contributed by atoms with Crippen molar-refractivity contribution in [3.63, 3.8) is 0 Å². The van der Waals surface area contributed by atoms with Crippen molar-refractivity contribution in [2.45, 2.75) is 44.8 Å². The number of nitrogens with two attached hydrogens (primary N) is 1. The van der Waals surface area contributed by atoms with E-state index in [0.29, 0.717) is 0 Å². The molecule has 1 aliphatic rings. The predicted octanol–water partition coefficient (Wildman–Crippen LogP) is 2.56. The number of carbonyl (C=O) groups is 1. The molecule has 2 rings (SSSR count). The lowest BCUT2D eigenvalue weighted by atomic mass is 9.89. The number of hydrogen-bond acceptors (Lipinski definition) is 6. The number of hydrogen-bond donors (Lipinski definition) is 2. The van der Waals surface area contributed by atoms with Crippen molar-refractivity contribution in [1.82, 2.24) is 10.3 Å². The zero-order valence-electron chi connectivity index (χ0n) is 14.2. The predicted molar refractivity (Wildman–Crippen MR) is 83.7 cm³/mol. The van der Waals surface area contributed by atoms with E-state index in [9.17, 15) is 18.0 Å². The van der Waals surface area contributed by atoms with Crippen molar-refractivity contribution in [3.8, 4) is 0 Å². The van der Waals surface area contributed by atoms with E-state index in [-0.39, 0.29) is 5.82 Å². The molecule has 1 aromatic heterocycles. The van der Waals surface area contributed by atoms with Crippen LogP contribution >= 0.6 is 0 Å². The van der Waals surface area contributed by atoms with Crippen LogP contribution in [0.3, 0.4) is 0 Å². The molecule has 0 saturated heterocycles. The van der Waals surface area contributed by atoms with Crippen LogP contribution in [0.25, 0.3) is 0 Å². The molecule has 1 aliphatic heterocycles. The summed E-state index contributed by atoms with van der Waals surface area (Å²) in [4.78, 5) is 19.1. The van der Waals surface area contributed by atoms with Gasteiger partial charge in [0, 0.05) is 0 Å². The Kier molecular flexibility index (Phi) is 4.58. The first-order valence-corrected chi connectivity index (χ1v) is 7.37. The van der Waals surface area contributed by atoms with Crippen molar-refractivity contribution in [2.24, 2.45) is 4.99 Å². The number of carbonyl (C=O) groups excluding carboxylic acids is 1. The Bertz CT molecular complexity index is 718. The van der Waals surface area contributed by atoms with Gasteiger partial charge < -0.3 is 15.2 Å². The van der Waals surface area contributed by atoms with Crippen LogP contribution in [0.2, 0.25) is 0 Å². The molecule has 0 aromatic carbocycles. The number of alkyl halides is 2. The summed E-state index contributed by atoms with van der Waals surface area (Å²) in [6.07, 6.45) is -0.945. The number of ether oxygens (including phenoxy) is 2. The van der Waals surface area contributed by atoms with E-state index >= 15 is 0 Å². The molecule has 25 heavy (non-hydrogen) atoms. The summed E-state index contributed by atoms with van der Waals surface area (Å²) in [6, 6.07) is 1.54. The van der Waals surface area contributed by atoms with E-state index in [1.807, 2.05) is 0 Å². The highest BCUT2D eigenvalue weighted by atomic mass is 19.3. The second-order valence-corrected chi connectivity index (χ2v) is 6.68.